The molecule has 0 saturated carbocycles. The van der Waals surface area contributed by atoms with Gasteiger partial charge in [0.05, 0.1) is 17.6 Å². The minimum atomic E-state index is -3.86. The topological polar surface area (TPSA) is 63.6 Å². The quantitative estimate of drug-likeness (QED) is 0.819. The zero-order valence-electron chi connectivity index (χ0n) is 12.4. The molecule has 0 heterocycles. The summed E-state index contributed by atoms with van der Waals surface area (Å²) < 4.78 is 29.1. The molecule has 4 nitrogen and oxygen atoms in total. The van der Waals surface area contributed by atoms with Crippen molar-refractivity contribution in [2.24, 2.45) is 0 Å². The van der Waals surface area contributed by atoms with Crippen LogP contribution in [-0.2, 0) is 14.3 Å². The maximum Gasteiger partial charge on any atom is 0.297 e. The third-order valence-electron chi connectivity index (χ3n) is 2.88. The molecule has 1 N–H and O–H groups in total. The van der Waals surface area contributed by atoms with Crippen molar-refractivity contribution in [3.63, 3.8) is 0 Å². The summed E-state index contributed by atoms with van der Waals surface area (Å²) in [5.41, 5.74) is 0.989. The fraction of sp³-hybridized carbons (Fsp3) is 0.250. The van der Waals surface area contributed by atoms with E-state index in [1.54, 1.807) is 12.1 Å². The van der Waals surface area contributed by atoms with E-state index in [4.69, 9.17) is 9.29 Å². The molecule has 0 aliphatic rings. The first-order valence-electron chi connectivity index (χ1n) is 6.79. The van der Waals surface area contributed by atoms with Gasteiger partial charge >= 0.3 is 0 Å². The molecule has 6 heteroatoms. The van der Waals surface area contributed by atoms with Crippen LogP contribution in [0.4, 0.5) is 0 Å². The van der Waals surface area contributed by atoms with Crippen molar-refractivity contribution >= 4 is 21.9 Å². The van der Waals surface area contributed by atoms with Crippen molar-refractivity contribution in [3.05, 3.63) is 54.1 Å². The number of hydrogen-bond acceptors (Lipinski definition) is 5. The molecule has 2 aromatic rings. The molecule has 0 amide bonds. The van der Waals surface area contributed by atoms with Gasteiger partial charge in [-0.25, -0.2) is 0 Å². The van der Waals surface area contributed by atoms with Gasteiger partial charge in [-0.3, -0.25) is 4.18 Å². The number of rotatable bonds is 6. The van der Waals surface area contributed by atoms with Gasteiger partial charge in [0.2, 0.25) is 0 Å². The summed E-state index contributed by atoms with van der Waals surface area (Å²) in [6, 6.07) is 14.6. The summed E-state index contributed by atoms with van der Waals surface area (Å²) in [6.07, 6.45) is -0.835. The zero-order chi connectivity index (χ0) is 16.2. The highest BCUT2D eigenvalue weighted by atomic mass is 32.2. The lowest BCUT2D eigenvalue weighted by molar-refractivity contribution is 0.126. The molecule has 2 aromatic carbocycles. The molecule has 0 aliphatic carbocycles. The first-order chi connectivity index (χ1) is 10.4. The second kappa shape index (κ2) is 7.28. The van der Waals surface area contributed by atoms with E-state index < -0.39 is 16.2 Å². The molecule has 0 radical (unpaired) electrons. The average molecular weight is 338 g/mol. The van der Waals surface area contributed by atoms with Crippen LogP contribution in [0.5, 0.6) is 0 Å². The van der Waals surface area contributed by atoms with Crippen molar-refractivity contribution in [2.45, 2.75) is 34.6 Å². The Kier molecular flexibility index (Phi) is 5.63. The van der Waals surface area contributed by atoms with Gasteiger partial charge in [-0.05, 0) is 43.7 Å². The zero-order valence-corrected chi connectivity index (χ0v) is 14.0. The van der Waals surface area contributed by atoms with Crippen LogP contribution in [0.3, 0.4) is 0 Å². The summed E-state index contributed by atoms with van der Waals surface area (Å²) in [7, 11) is -3.86. The Morgan fingerprint density at radius 2 is 1.86 bits per heavy atom. The van der Waals surface area contributed by atoms with Crippen LogP contribution in [0.1, 0.15) is 12.5 Å². The van der Waals surface area contributed by atoms with Gasteiger partial charge in [-0.2, -0.15) is 8.42 Å². The summed E-state index contributed by atoms with van der Waals surface area (Å²) in [6.45, 7) is 3.15. The van der Waals surface area contributed by atoms with Crippen molar-refractivity contribution in [2.75, 3.05) is 6.61 Å². The fourth-order valence-electron chi connectivity index (χ4n) is 1.72. The van der Waals surface area contributed by atoms with Gasteiger partial charge in [0, 0.05) is 9.79 Å². The predicted molar refractivity (Wildman–Crippen MR) is 86.6 cm³/mol. The van der Waals surface area contributed by atoms with Crippen molar-refractivity contribution in [1.29, 1.82) is 0 Å². The van der Waals surface area contributed by atoms with Crippen LogP contribution in [0.2, 0.25) is 0 Å². The first-order valence-corrected chi connectivity index (χ1v) is 9.02. The highest BCUT2D eigenvalue weighted by molar-refractivity contribution is 7.99. The maximum absolute atomic E-state index is 12.1. The highest BCUT2D eigenvalue weighted by Gasteiger charge is 2.17. The molecule has 0 aromatic heterocycles. The van der Waals surface area contributed by atoms with E-state index in [9.17, 15) is 8.42 Å². The SMILES string of the molecule is Cc1ccc(S(=O)(=O)OCC(C)O)cc1Sc1ccccc1. The van der Waals surface area contributed by atoms with Crippen molar-refractivity contribution in [1.82, 2.24) is 0 Å². The summed E-state index contributed by atoms with van der Waals surface area (Å²) in [4.78, 5) is 1.98. The second-order valence-corrected chi connectivity index (χ2v) is 7.66. The second-order valence-electron chi connectivity index (χ2n) is 4.93. The summed E-state index contributed by atoms with van der Waals surface area (Å²) in [5.74, 6) is 0. The van der Waals surface area contributed by atoms with Gasteiger partial charge < -0.3 is 5.11 Å². The normalized spacial score (nSPS) is 13.0. The molecule has 0 bridgehead atoms. The molecule has 0 aliphatic heterocycles. The van der Waals surface area contributed by atoms with E-state index in [0.717, 1.165) is 15.4 Å². The third-order valence-corrected chi connectivity index (χ3v) is 5.33. The summed E-state index contributed by atoms with van der Waals surface area (Å²) in [5, 5.41) is 9.16. The van der Waals surface area contributed by atoms with E-state index in [0.29, 0.717) is 0 Å². The number of benzene rings is 2. The highest BCUT2D eigenvalue weighted by Crippen LogP contribution is 2.32. The van der Waals surface area contributed by atoms with Crippen LogP contribution in [0.15, 0.2) is 63.2 Å². The molecule has 1 unspecified atom stereocenters. The van der Waals surface area contributed by atoms with Gasteiger partial charge in [0.15, 0.2) is 0 Å². The molecule has 0 fully saturated rings. The van der Waals surface area contributed by atoms with E-state index in [1.807, 2.05) is 37.3 Å². The van der Waals surface area contributed by atoms with Gasteiger partial charge in [-0.15, -0.1) is 0 Å². The number of aliphatic hydroxyl groups is 1. The number of hydrogen-bond donors (Lipinski definition) is 1. The Bertz CT molecular complexity index is 725. The minimum absolute atomic E-state index is 0.0946. The molecule has 118 valence electrons. The van der Waals surface area contributed by atoms with Crippen molar-refractivity contribution in [3.8, 4) is 0 Å². The van der Waals surface area contributed by atoms with Gasteiger partial charge in [-0.1, -0.05) is 36.0 Å². The van der Waals surface area contributed by atoms with Crippen LogP contribution in [0.25, 0.3) is 0 Å². The molecular weight excluding hydrogens is 320 g/mol. The molecule has 0 saturated heterocycles. The summed E-state index contributed by atoms with van der Waals surface area (Å²) >= 11 is 1.50. The Hall–Kier alpha value is -1.34. The minimum Gasteiger partial charge on any atom is -0.391 e. The lowest BCUT2D eigenvalue weighted by Gasteiger charge is -2.10. The maximum atomic E-state index is 12.1. The fourth-order valence-corrected chi connectivity index (χ4v) is 3.76. The standard InChI is InChI=1S/C16H18O4S2/c1-12-8-9-15(22(18,19)20-11-13(2)17)10-16(12)21-14-6-4-3-5-7-14/h3-10,13,17H,11H2,1-2H3. The Balaban J connectivity index is 2.26. The Morgan fingerprint density at radius 1 is 1.18 bits per heavy atom. The molecule has 22 heavy (non-hydrogen) atoms. The third kappa shape index (κ3) is 4.58. The van der Waals surface area contributed by atoms with Crippen LogP contribution < -0.4 is 0 Å². The average Bonchev–Trinajstić information content (AvgIpc) is 2.48. The lowest BCUT2D eigenvalue weighted by Crippen LogP contribution is -2.15. The Labute approximate surface area is 135 Å². The molecule has 1 atom stereocenters. The Morgan fingerprint density at radius 3 is 2.50 bits per heavy atom. The van der Waals surface area contributed by atoms with E-state index in [2.05, 4.69) is 0 Å². The molecule has 0 spiro atoms. The number of aryl methyl sites for hydroxylation is 1. The van der Waals surface area contributed by atoms with Crippen LogP contribution in [-0.4, -0.2) is 26.2 Å². The van der Waals surface area contributed by atoms with E-state index in [-0.39, 0.29) is 11.5 Å². The van der Waals surface area contributed by atoms with Crippen LogP contribution >= 0.6 is 11.8 Å². The van der Waals surface area contributed by atoms with Gasteiger partial charge in [0.25, 0.3) is 10.1 Å². The lowest BCUT2D eigenvalue weighted by atomic mass is 10.2. The van der Waals surface area contributed by atoms with Crippen LogP contribution in [0, 0.1) is 6.92 Å². The number of aliphatic hydroxyl groups excluding tert-OH is 1. The van der Waals surface area contributed by atoms with E-state index >= 15 is 0 Å². The largest absolute Gasteiger partial charge is 0.391 e. The molecule has 2 rings (SSSR count). The van der Waals surface area contributed by atoms with E-state index in [1.165, 1.54) is 24.8 Å². The smallest absolute Gasteiger partial charge is 0.297 e. The first kappa shape index (κ1) is 17.0. The monoisotopic (exact) mass is 338 g/mol. The van der Waals surface area contributed by atoms with Crippen molar-refractivity contribution < 1.29 is 17.7 Å². The molecular formula is C16H18O4S2. The van der Waals surface area contributed by atoms with Gasteiger partial charge in [0.1, 0.15) is 0 Å². The predicted octanol–water partition coefficient (Wildman–Crippen LogP) is 3.23.